The van der Waals surface area contributed by atoms with E-state index < -0.39 is 0 Å². The lowest BCUT2D eigenvalue weighted by molar-refractivity contribution is -0.0208. The van der Waals surface area contributed by atoms with Crippen LogP contribution in [-0.2, 0) is 4.74 Å². The fraction of sp³-hybridized carbons (Fsp3) is 0.278. The lowest BCUT2D eigenvalue weighted by Crippen LogP contribution is -2.35. The van der Waals surface area contributed by atoms with Gasteiger partial charge in [0, 0.05) is 24.5 Å². The first kappa shape index (κ1) is 15.5. The minimum absolute atomic E-state index is 0.0488. The molecular formula is C18H21N3O2. The monoisotopic (exact) mass is 311 g/mol. The van der Waals surface area contributed by atoms with Gasteiger partial charge in [-0.05, 0) is 36.9 Å². The number of hydrogen-bond donors (Lipinski definition) is 2. The Morgan fingerprint density at radius 2 is 1.83 bits per heavy atom. The Morgan fingerprint density at radius 3 is 2.61 bits per heavy atom. The van der Waals surface area contributed by atoms with Crippen LogP contribution in [0.1, 0.15) is 11.7 Å². The predicted molar refractivity (Wildman–Crippen MR) is 91.7 cm³/mol. The van der Waals surface area contributed by atoms with Crippen LogP contribution < -0.4 is 10.6 Å². The maximum atomic E-state index is 12.1. The standard InChI is InChI=1S/C18H21N3O2/c1-21-10-11-23-17(13-21)14-6-5-9-16(12-14)20-18(22)19-15-7-3-2-4-8-15/h2-9,12,17H,10-11,13H2,1H3,(H2,19,20,22). The molecule has 120 valence electrons. The lowest BCUT2D eigenvalue weighted by atomic mass is 10.1. The summed E-state index contributed by atoms with van der Waals surface area (Å²) in [6.45, 7) is 2.54. The van der Waals surface area contributed by atoms with Gasteiger partial charge in [-0.15, -0.1) is 0 Å². The number of morpholine rings is 1. The zero-order chi connectivity index (χ0) is 16.1. The maximum absolute atomic E-state index is 12.1. The second kappa shape index (κ2) is 7.26. The van der Waals surface area contributed by atoms with Gasteiger partial charge in [-0.1, -0.05) is 30.3 Å². The van der Waals surface area contributed by atoms with E-state index in [1.807, 2.05) is 54.6 Å². The highest BCUT2D eigenvalue weighted by Crippen LogP contribution is 2.24. The fourth-order valence-electron chi connectivity index (χ4n) is 2.61. The molecule has 5 heteroatoms. The van der Waals surface area contributed by atoms with Gasteiger partial charge < -0.3 is 20.3 Å². The van der Waals surface area contributed by atoms with Crippen molar-refractivity contribution in [3.63, 3.8) is 0 Å². The second-order valence-electron chi connectivity index (χ2n) is 5.69. The van der Waals surface area contributed by atoms with Crippen molar-refractivity contribution in [3.05, 3.63) is 60.2 Å². The van der Waals surface area contributed by atoms with Crippen molar-refractivity contribution < 1.29 is 9.53 Å². The molecule has 2 aromatic carbocycles. The van der Waals surface area contributed by atoms with E-state index >= 15 is 0 Å². The molecule has 1 aliphatic heterocycles. The SMILES string of the molecule is CN1CCOC(c2cccc(NC(=O)Nc3ccccc3)c2)C1. The minimum Gasteiger partial charge on any atom is -0.371 e. The minimum atomic E-state index is -0.255. The van der Waals surface area contributed by atoms with E-state index in [1.54, 1.807) is 0 Å². The highest BCUT2D eigenvalue weighted by atomic mass is 16.5. The molecule has 0 aliphatic carbocycles. The molecule has 2 aromatic rings. The van der Waals surface area contributed by atoms with Crippen LogP contribution in [0.15, 0.2) is 54.6 Å². The Bertz CT molecular complexity index is 660. The Hall–Kier alpha value is -2.37. The van der Waals surface area contributed by atoms with Gasteiger partial charge >= 0.3 is 6.03 Å². The highest BCUT2D eigenvalue weighted by Gasteiger charge is 2.19. The zero-order valence-electron chi connectivity index (χ0n) is 13.2. The lowest BCUT2D eigenvalue weighted by Gasteiger charge is -2.30. The Morgan fingerprint density at radius 1 is 1.09 bits per heavy atom. The van der Waals surface area contributed by atoms with Crippen molar-refractivity contribution in [2.24, 2.45) is 0 Å². The summed E-state index contributed by atoms with van der Waals surface area (Å²) in [4.78, 5) is 14.3. The molecule has 1 fully saturated rings. The average Bonchev–Trinajstić information content (AvgIpc) is 2.56. The Kier molecular flexibility index (Phi) is 4.90. The molecule has 0 bridgehead atoms. The third kappa shape index (κ3) is 4.31. The van der Waals surface area contributed by atoms with E-state index in [1.165, 1.54) is 0 Å². The topological polar surface area (TPSA) is 53.6 Å². The van der Waals surface area contributed by atoms with Gasteiger partial charge in [0.1, 0.15) is 0 Å². The number of carbonyl (C=O) groups is 1. The summed E-state index contributed by atoms with van der Waals surface area (Å²) >= 11 is 0. The van der Waals surface area contributed by atoms with Crippen molar-refractivity contribution in [2.75, 3.05) is 37.4 Å². The molecule has 3 rings (SSSR count). The molecule has 1 aliphatic rings. The first-order valence-electron chi connectivity index (χ1n) is 7.74. The van der Waals surface area contributed by atoms with Gasteiger partial charge in [-0.25, -0.2) is 4.79 Å². The largest absolute Gasteiger partial charge is 0.371 e. The number of benzene rings is 2. The van der Waals surface area contributed by atoms with E-state index in [9.17, 15) is 4.79 Å². The number of carbonyl (C=O) groups excluding carboxylic acids is 1. The highest BCUT2D eigenvalue weighted by molar-refractivity contribution is 5.99. The summed E-state index contributed by atoms with van der Waals surface area (Å²) in [6.07, 6.45) is 0.0488. The third-order valence-electron chi connectivity index (χ3n) is 3.82. The number of ether oxygens (including phenoxy) is 1. The normalized spacial score (nSPS) is 18.4. The molecule has 0 aromatic heterocycles. The van der Waals surface area contributed by atoms with E-state index in [2.05, 4.69) is 22.6 Å². The van der Waals surface area contributed by atoms with E-state index in [4.69, 9.17) is 4.74 Å². The quantitative estimate of drug-likeness (QED) is 0.914. The van der Waals surface area contributed by atoms with E-state index in [0.29, 0.717) is 0 Å². The Labute approximate surface area is 136 Å². The molecule has 1 unspecified atom stereocenters. The van der Waals surface area contributed by atoms with Gasteiger partial charge in [0.15, 0.2) is 0 Å². The Balaban J connectivity index is 1.64. The molecule has 1 saturated heterocycles. The van der Waals surface area contributed by atoms with Gasteiger partial charge in [0.05, 0.1) is 12.7 Å². The second-order valence-corrected chi connectivity index (χ2v) is 5.69. The molecule has 23 heavy (non-hydrogen) atoms. The van der Waals surface area contributed by atoms with Crippen LogP contribution in [0.5, 0.6) is 0 Å². The first-order chi connectivity index (χ1) is 11.2. The van der Waals surface area contributed by atoms with Crippen LogP contribution >= 0.6 is 0 Å². The third-order valence-corrected chi connectivity index (χ3v) is 3.82. The number of rotatable bonds is 3. The van der Waals surface area contributed by atoms with Crippen LogP contribution in [0.25, 0.3) is 0 Å². The van der Waals surface area contributed by atoms with Gasteiger partial charge in [0.25, 0.3) is 0 Å². The molecule has 0 spiro atoms. The number of amides is 2. The molecular weight excluding hydrogens is 290 g/mol. The number of likely N-dealkylation sites (N-methyl/N-ethyl adjacent to an activating group) is 1. The van der Waals surface area contributed by atoms with Crippen LogP contribution in [0, 0.1) is 0 Å². The van der Waals surface area contributed by atoms with Crippen LogP contribution in [-0.4, -0.2) is 37.7 Å². The molecule has 1 atom stereocenters. The fourth-order valence-corrected chi connectivity index (χ4v) is 2.61. The molecule has 2 N–H and O–H groups in total. The number of hydrogen-bond acceptors (Lipinski definition) is 3. The number of nitrogens with one attached hydrogen (secondary N) is 2. The first-order valence-corrected chi connectivity index (χ1v) is 7.74. The number of para-hydroxylation sites is 1. The summed E-state index contributed by atoms with van der Waals surface area (Å²) < 4.78 is 5.82. The molecule has 2 amide bonds. The molecule has 5 nitrogen and oxygen atoms in total. The number of urea groups is 1. The summed E-state index contributed by atoms with van der Waals surface area (Å²) in [5.41, 5.74) is 2.60. The van der Waals surface area contributed by atoms with Crippen molar-refractivity contribution >= 4 is 17.4 Å². The van der Waals surface area contributed by atoms with Gasteiger partial charge in [-0.2, -0.15) is 0 Å². The van der Waals surface area contributed by atoms with Crippen molar-refractivity contribution in [2.45, 2.75) is 6.10 Å². The zero-order valence-corrected chi connectivity index (χ0v) is 13.2. The molecule has 0 saturated carbocycles. The van der Waals surface area contributed by atoms with Crippen LogP contribution in [0.3, 0.4) is 0 Å². The summed E-state index contributed by atoms with van der Waals surface area (Å²) in [7, 11) is 2.09. The summed E-state index contributed by atoms with van der Waals surface area (Å²) in [5.74, 6) is 0. The van der Waals surface area contributed by atoms with Crippen LogP contribution in [0.2, 0.25) is 0 Å². The average molecular weight is 311 g/mol. The van der Waals surface area contributed by atoms with E-state index in [-0.39, 0.29) is 12.1 Å². The number of anilines is 2. The van der Waals surface area contributed by atoms with Crippen LogP contribution in [0.4, 0.5) is 16.2 Å². The van der Waals surface area contributed by atoms with Crippen molar-refractivity contribution in [3.8, 4) is 0 Å². The van der Waals surface area contributed by atoms with Crippen molar-refractivity contribution in [1.82, 2.24) is 4.90 Å². The number of nitrogens with zero attached hydrogens (tertiary/aromatic N) is 1. The van der Waals surface area contributed by atoms with Gasteiger partial charge in [-0.3, -0.25) is 0 Å². The summed E-state index contributed by atoms with van der Waals surface area (Å²) in [5, 5.41) is 5.67. The molecule has 0 radical (unpaired) electrons. The smallest absolute Gasteiger partial charge is 0.323 e. The van der Waals surface area contributed by atoms with Crippen molar-refractivity contribution in [1.29, 1.82) is 0 Å². The predicted octanol–water partition coefficient (Wildman–Crippen LogP) is 3.33. The van der Waals surface area contributed by atoms with E-state index in [0.717, 1.165) is 36.6 Å². The maximum Gasteiger partial charge on any atom is 0.323 e. The molecule has 1 heterocycles. The summed E-state index contributed by atoms with van der Waals surface area (Å²) in [6, 6.07) is 16.9. The van der Waals surface area contributed by atoms with Gasteiger partial charge in [0.2, 0.25) is 0 Å².